The number of rotatable bonds is 13. The van der Waals surface area contributed by atoms with Crippen LogP contribution >= 0.6 is 11.8 Å². The number of para-hydroxylation sites is 1. The lowest BCUT2D eigenvalue weighted by Crippen LogP contribution is -2.29. The fraction of sp³-hybridized carbons (Fsp3) is 0.206. The van der Waals surface area contributed by atoms with E-state index in [2.05, 4.69) is 15.5 Å². The first-order valence-electron chi connectivity index (χ1n) is 15.2. The van der Waals surface area contributed by atoms with Gasteiger partial charge < -0.3 is 23.9 Å². The summed E-state index contributed by atoms with van der Waals surface area (Å²) in [5.41, 5.74) is 2.65. The second-order valence-electron chi connectivity index (χ2n) is 10.8. The predicted molar refractivity (Wildman–Crippen MR) is 182 cm³/mol. The van der Waals surface area contributed by atoms with Crippen LogP contribution in [0.15, 0.2) is 99.8 Å². The van der Waals surface area contributed by atoms with Gasteiger partial charge in [0.25, 0.3) is 17.5 Å². The van der Waals surface area contributed by atoms with E-state index in [9.17, 15) is 19.7 Å². The molecule has 16 heteroatoms. The van der Waals surface area contributed by atoms with E-state index >= 15 is 0 Å². The van der Waals surface area contributed by atoms with Crippen molar-refractivity contribution < 1.29 is 33.1 Å². The second-order valence-corrected chi connectivity index (χ2v) is 11.7. The first kappa shape index (κ1) is 33.7. The molecule has 0 fully saturated rings. The number of hydrogen-bond donors (Lipinski definition) is 1. The van der Waals surface area contributed by atoms with Crippen molar-refractivity contribution in [1.29, 1.82) is 0 Å². The molecule has 0 saturated carbocycles. The van der Waals surface area contributed by atoms with Crippen LogP contribution in [0, 0.1) is 10.1 Å². The van der Waals surface area contributed by atoms with Gasteiger partial charge in [0.1, 0.15) is 5.75 Å². The van der Waals surface area contributed by atoms with Crippen molar-refractivity contribution in [3.8, 4) is 22.9 Å². The molecule has 3 heterocycles. The van der Waals surface area contributed by atoms with Crippen molar-refractivity contribution in [2.75, 3.05) is 27.1 Å². The molecule has 1 unspecified atom stereocenters. The van der Waals surface area contributed by atoms with Crippen molar-refractivity contribution >= 4 is 35.0 Å². The Morgan fingerprint density at radius 2 is 1.76 bits per heavy atom. The quantitative estimate of drug-likeness (QED) is 0.0973. The molecule has 256 valence electrons. The number of hydrogen-bond acceptors (Lipinski definition) is 12. The van der Waals surface area contributed by atoms with E-state index in [0.717, 1.165) is 22.9 Å². The highest BCUT2D eigenvalue weighted by molar-refractivity contribution is 7.99. The Morgan fingerprint density at radius 3 is 2.42 bits per heavy atom. The van der Waals surface area contributed by atoms with Gasteiger partial charge in [-0.15, -0.1) is 10.2 Å². The molecule has 1 aliphatic heterocycles. The molecule has 6 rings (SSSR count). The standard InChI is InChI=1S/C34H31N7O8S/c1-46-24-15-9-21(10-16-24)26-18-27(25-6-4-7-28(47-2)32(25)48-3)40(38-26)31(42)20-50-34-37-36-30(19-35-33(43)29-8-5-17-49-29)39(34)22-11-13-23(14-12-22)41(44)45/h4-17,27H,18-20H2,1-3H3,(H,35,43). The normalized spacial score (nSPS) is 13.9. The van der Waals surface area contributed by atoms with Gasteiger partial charge in [0.15, 0.2) is 28.2 Å². The number of carbonyl (C=O) groups is 2. The number of thioether (sulfide) groups is 1. The molecular weight excluding hydrogens is 666 g/mol. The van der Waals surface area contributed by atoms with Crippen molar-refractivity contribution in [3.63, 3.8) is 0 Å². The maximum absolute atomic E-state index is 14.1. The third kappa shape index (κ3) is 7.00. The molecule has 1 aliphatic rings. The molecule has 0 radical (unpaired) electrons. The number of carbonyl (C=O) groups excluding carboxylic acids is 2. The van der Waals surface area contributed by atoms with Crippen molar-refractivity contribution in [3.05, 3.63) is 118 Å². The summed E-state index contributed by atoms with van der Waals surface area (Å²) in [7, 11) is 4.68. The highest BCUT2D eigenvalue weighted by Crippen LogP contribution is 2.42. The maximum Gasteiger partial charge on any atom is 0.287 e. The zero-order chi connectivity index (χ0) is 35.2. The smallest absolute Gasteiger partial charge is 0.287 e. The molecule has 1 N–H and O–H groups in total. The lowest BCUT2D eigenvalue weighted by molar-refractivity contribution is -0.384. The van der Waals surface area contributed by atoms with E-state index in [1.54, 1.807) is 50.2 Å². The summed E-state index contributed by atoms with van der Waals surface area (Å²) in [6.45, 7) is -0.0443. The number of ether oxygens (including phenoxy) is 3. The minimum atomic E-state index is -0.509. The Labute approximate surface area is 290 Å². The zero-order valence-electron chi connectivity index (χ0n) is 27.1. The summed E-state index contributed by atoms with van der Waals surface area (Å²) < 4.78 is 23.4. The van der Waals surface area contributed by atoms with Gasteiger partial charge in [-0.3, -0.25) is 24.3 Å². The van der Waals surface area contributed by atoms with Crippen LogP contribution in [0.5, 0.6) is 17.2 Å². The van der Waals surface area contributed by atoms with Crippen LogP contribution in [0.1, 0.15) is 40.0 Å². The Kier molecular flexibility index (Phi) is 10.1. The summed E-state index contributed by atoms with van der Waals surface area (Å²) in [6, 6.07) is 21.3. The summed E-state index contributed by atoms with van der Waals surface area (Å²) in [5.74, 6) is 1.28. The van der Waals surface area contributed by atoms with Crippen molar-refractivity contribution in [2.45, 2.75) is 24.2 Å². The van der Waals surface area contributed by atoms with E-state index < -0.39 is 16.9 Å². The van der Waals surface area contributed by atoms with Crippen LogP contribution in [-0.4, -0.2) is 69.3 Å². The minimum Gasteiger partial charge on any atom is -0.497 e. The molecule has 2 amide bonds. The SMILES string of the molecule is COc1ccc(C2=NN(C(=O)CSc3nnc(CNC(=O)c4ccco4)n3-c3ccc([N+](=O)[O-])cc3)C(c3cccc(OC)c3OC)C2)cc1. The fourth-order valence-corrected chi connectivity index (χ4v) is 6.28. The summed E-state index contributed by atoms with van der Waals surface area (Å²) in [4.78, 5) is 37.5. The van der Waals surface area contributed by atoms with E-state index in [1.807, 2.05) is 36.4 Å². The van der Waals surface area contributed by atoms with Gasteiger partial charge in [0.05, 0.1) is 56.6 Å². The maximum atomic E-state index is 14.1. The molecule has 0 aliphatic carbocycles. The molecule has 50 heavy (non-hydrogen) atoms. The van der Waals surface area contributed by atoms with Gasteiger partial charge in [-0.05, 0) is 60.2 Å². The molecule has 3 aromatic carbocycles. The molecule has 0 spiro atoms. The Hall–Kier alpha value is -6.16. The number of benzene rings is 3. The number of nitrogens with one attached hydrogen (secondary N) is 1. The van der Waals surface area contributed by atoms with Gasteiger partial charge in [0.2, 0.25) is 0 Å². The summed E-state index contributed by atoms with van der Waals surface area (Å²) >= 11 is 1.11. The van der Waals surface area contributed by atoms with Crippen molar-refractivity contribution in [2.24, 2.45) is 5.10 Å². The molecule has 5 aromatic rings. The second kappa shape index (κ2) is 14.9. The number of non-ortho nitro benzene ring substituents is 1. The topological polar surface area (TPSA) is 176 Å². The summed E-state index contributed by atoms with van der Waals surface area (Å²) in [5, 5.41) is 29.2. The van der Waals surface area contributed by atoms with Crippen LogP contribution in [0.2, 0.25) is 0 Å². The highest BCUT2D eigenvalue weighted by atomic mass is 32.2. The molecule has 2 aromatic heterocycles. The van der Waals surface area contributed by atoms with E-state index in [1.165, 1.54) is 29.5 Å². The number of aromatic nitrogens is 3. The number of amides is 2. The van der Waals surface area contributed by atoms with E-state index in [4.69, 9.17) is 23.7 Å². The number of hydrazone groups is 1. The Morgan fingerprint density at radius 1 is 0.980 bits per heavy atom. The fourth-order valence-electron chi connectivity index (χ4n) is 5.45. The van der Waals surface area contributed by atoms with Crippen molar-refractivity contribution in [1.82, 2.24) is 25.1 Å². The molecule has 0 bridgehead atoms. The third-order valence-electron chi connectivity index (χ3n) is 7.88. The lowest BCUT2D eigenvalue weighted by Gasteiger charge is -2.24. The Bertz CT molecular complexity index is 2030. The largest absolute Gasteiger partial charge is 0.497 e. The number of nitro groups is 1. The molecule has 15 nitrogen and oxygen atoms in total. The minimum absolute atomic E-state index is 0.0443. The monoisotopic (exact) mass is 697 g/mol. The number of nitro benzene ring substituents is 1. The highest BCUT2D eigenvalue weighted by Gasteiger charge is 2.36. The number of furan rings is 1. The van der Waals surface area contributed by atoms with Crippen LogP contribution < -0.4 is 19.5 Å². The van der Waals surface area contributed by atoms with Crippen LogP contribution in [0.3, 0.4) is 0 Å². The molecular formula is C34H31N7O8S. The van der Waals surface area contributed by atoms with Crippen LogP contribution in [0.4, 0.5) is 5.69 Å². The van der Waals surface area contributed by atoms with Gasteiger partial charge in [-0.2, -0.15) is 5.10 Å². The molecule has 0 saturated heterocycles. The lowest BCUT2D eigenvalue weighted by atomic mass is 9.97. The van der Waals surface area contributed by atoms with Crippen LogP contribution in [-0.2, 0) is 11.3 Å². The van der Waals surface area contributed by atoms with Gasteiger partial charge in [-0.1, -0.05) is 23.9 Å². The predicted octanol–water partition coefficient (Wildman–Crippen LogP) is 5.19. The van der Waals surface area contributed by atoms with Gasteiger partial charge in [-0.25, -0.2) is 5.01 Å². The van der Waals surface area contributed by atoms with Gasteiger partial charge >= 0.3 is 0 Å². The zero-order valence-corrected chi connectivity index (χ0v) is 28.0. The van der Waals surface area contributed by atoms with E-state index in [0.29, 0.717) is 46.0 Å². The number of methoxy groups -OCH3 is 3. The average Bonchev–Trinajstić information content (AvgIpc) is 3.93. The molecule has 1 atom stereocenters. The average molecular weight is 698 g/mol. The first-order chi connectivity index (χ1) is 24.3. The van der Waals surface area contributed by atoms with Gasteiger partial charge in [0, 0.05) is 29.8 Å². The Balaban J connectivity index is 1.29. The summed E-state index contributed by atoms with van der Waals surface area (Å²) in [6.07, 6.45) is 1.80. The third-order valence-corrected chi connectivity index (χ3v) is 8.79. The first-order valence-corrected chi connectivity index (χ1v) is 16.2. The number of nitrogens with zero attached hydrogens (tertiary/aromatic N) is 6. The van der Waals surface area contributed by atoms with E-state index in [-0.39, 0.29) is 29.7 Å². The van der Waals surface area contributed by atoms with Crippen LogP contribution in [0.25, 0.3) is 5.69 Å².